The topological polar surface area (TPSA) is 55.8 Å². The molecule has 0 aliphatic carbocycles. The van der Waals surface area contributed by atoms with Crippen LogP contribution >= 0.6 is 0 Å². The van der Waals surface area contributed by atoms with Gasteiger partial charge in [0.2, 0.25) is 0 Å². The van der Waals surface area contributed by atoms with Gasteiger partial charge in [-0.25, -0.2) is 9.59 Å². The SMILES string of the molecule is CCCCCCCCCCCCCCOC(=O)C1CCCN1C(=O)OCC(C)C. The van der Waals surface area contributed by atoms with Crippen LogP contribution in [-0.4, -0.2) is 42.8 Å². The number of ether oxygens (including phenoxy) is 2. The number of amides is 1. The molecule has 1 atom stereocenters. The summed E-state index contributed by atoms with van der Waals surface area (Å²) in [4.78, 5) is 26.0. The molecule has 170 valence electrons. The Morgan fingerprint density at radius 1 is 0.862 bits per heavy atom. The zero-order valence-electron chi connectivity index (χ0n) is 19.3. The smallest absolute Gasteiger partial charge is 0.410 e. The maximum Gasteiger partial charge on any atom is 0.410 e. The van der Waals surface area contributed by atoms with Crippen LogP contribution in [0.2, 0.25) is 0 Å². The Kier molecular flexibility index (Phi) is 14.7. The van der Waals surface area contributed by atoms with Crippen LogP contribution in [0.3, 0.4) is 0 Å². The highest BCUT2D eigenvalue weighted by atomic mass is 16.6. The van der Waals surface area contributed by atoms with Gasteiger partial charge >= 0.3 is 12.1 Å². The van der Waals surface area contributed by atoms with Crippen LogP contribution in [0.15, 0.2) is 0 Å². The second-order valence-electron chi connectivity index (χ2n) is 8.88. The van der Waals surface area contributed by atoms with Crippen molar-refractivity contribution in [3.63, 3.8) is 0 Å². The average Bonchev–Trinajstić information content (AvgIpc) is 3.19. The lowest BCUT2D eigenvalue weighted by Crippen LogP contribution is -2.42. The van der Waals surface area contributed by atoms with Gasteiger partial charge in [0.05, 0.1) is 13.2 Å². The van der Waals surface area contributed by atoms with Gasteiger partial charge in [-0.05, 0) is 25.2 Å². The minimum atomic E-state index is -0.466. The molecule has 1 aliphatic rings. The second-order valence-corrected chi connectivity index (χ2v) is 8.88. The molecule has 0 N–H and O–H groups in total. The molecular formula is C24H45NO4. The van der Waals surface area contributed by atoms with E-state index in [0.29, 0.717) is 26.2 Å². The largest absolute Gasteiger partial charge is 0.464 e. The number of rotatable bonds is 16. The van der Waals surface area contributed by atoms with E-state index in [4.69, 9.17) is 9.47 Å². The van der Waals surface area contributed by atoms with E-state index >= 15 is 0 Å². The summed E-state index contributed by atoms with van der Waals surface area (Å²) >= 11 is 0. The molecule has 0 aromatic carbocycles. The Bertz CT molecular complexity index is 439. The Balaban J connectivity index is 2.01. The van der Waals surface area contributed by atoms with Gasteiger partial charge in [-0.2, -0.15) is 0 Å². The molecule has 1 heterocycles. The van der Waals surface area contributed by atoms with Crippen LogP contribution in [0.25, 0.3) is 0 Å². The number of carbonyl (C=O) groups excluding carboxylic acids is 2. The lowest BCUT2D eigenvalue weighted by molar-refractivity contribution is -0.148. The van der Waals surface area contributed by atoms with Crippen molar-refractivity contribution in [2.24, 2.45) is 5.92 Å². The summed E-state index contributed by atoms with van der Waals surface area (Å²) in [5.41, 5.74) is 0. The monoisotopic (exact) mass is 411 g/mol. The standard InChI is InChI=1S/C24H45NO4/c1-4-5-6-7-8-9-10-11-12-13-14-15-19-28-23(26)22-17-16-18-25(22)24(27)29-20-21(2)3/h21-22H,4-20H2,1-3H3. The Morgan fingerprint density at radius 2 is 1.41 bits per heavy atom. The van der Waals surface area contributed by atoms with E-state index in [9.17, 15) is 9.59 Å². The van der Waals surface area contributed by atoms with E-state index in [2.05, 4.69) is 6.92 Å². The maximum atomic E-state index is 12.3. The normalized spacial score (nSPS) is 16.4. The predicted octanol–water partition coefficient (Wildman–Crippen LogP) is 6.49. The van der Waals surface area contributed by atoms with Gasteiger partial charge in [-0.15, -0.1) is 0 Å². The van der Waals surface area contributed by atoms with Gasteiger partial charge in [0.25, 0.3) is 0 Å². The van der Waals surface area contributed by atoms with Crippen molar-refractivity contribution in [1.82, 2.24) is 4.90 Å². The highest BCUT2D eigenvalue weighted by molar-refractivity contribution is 5.82. The number of hydrogen-bond donors (Lipinski definition) is 0. The molecule has 0 spiro atoms. The van der Waals surface area contributed by atoms with Crippen molar-refractivity contribution < 1.29 is 19.1 Å². The lowest BCUT2D eigenvalue weighted by Gasteiger charge is -2.23. The number of esters is 1. The van der Waals surface area contributed by atoms with E-state index in [1.54, 1.807) is 0 Å². The Labute approximate surface area is 178 Å². The molecule has 1 rings (SSSR count). The Hall–Kier alpha value is -1.26. The zero-order chi connectivity index (χ0) is 21.3. The third kappa shape index (κ3) is 12.1. The number of carbonyl (C=O) groups is 2. The summed E-state index contributed by atoms with van der Waals surface area (Å²) in [6.45, 7) is 7.68. The molecule has 29 heavy (non-hydrogen) atoms. The molecule has 1 amide bonds. The molecule has 0 radical (unpaired) electrons. The van der Waals surface area contributed by atoms with Crippen molar-refractivity contribution in [3.8, 4) is 0 Å². The number of likely N-dealkylation sites (tertiary alicyclic amines) is 1. The maximum absolute atomic E-state index is 12.3. The predicted molar refractivity (Wildman–Crippen MR) is 118 cm³/mol. The second kappa shape index (κ2) is 16.5. The van der Waals surface area contributed by atoms with E-state index in [1.807, 2.05) is 13.8 Å². The molecule has 1 unspecified atom stereocenters. The number of unbranched alkanes of at least 4 members (excludes halogenated alkanes) is 11. The first-order valence-corrected chi connectivity index (χ1v) is 12.2. The molecule has 5 heteroatoms. The van der Waals surface area contributed by atoms with Crippen LogP contribution in [0.5, 0.6) is 0 Å². The van der Waals surface area contributed by atoms with Crippen LogP contribution in [-0.2, 0) is 14.3 Å². The first-order chi connectivity index (χ1) is 14.1. The van der Waals surface area contributed by atoms with Crippen molar-refractivity contribution in [2.75, 3.05) is 19.8 Å². The average molecular weight is 412 g/mol. The van der Waals surface area contributed by atoms with E-state index in [-0.39, 0.29) is 18.0 Å². The number of hydrogen-bond acceptors (Lipinski definition) is 4. The van der Waals surface area contributed by atoms with Crippen molar-refractivity contribution in [1.29, 1.82) is 0 Å². The van der Waals surface area contributed by atoms with Crippen LogP contribution in [0, 0.1) is 5.92 Å². The molecule has 0 aromatic rings. The van der Waals surface area contributed by atoms with Gasteiger partial charge in [-0.1, -0.05) is 91.4 Å². The molecule has 1 fully saturated rings. The van der Waals surface area contributed by atoms with Crippen LogP contribution in [0.1, 0.15) is 111 Å². The first kappa shape index (κ1) is 25.8. The fourth-order valence-electron chi connectivity index (χ4n) is 3.76. The van der Waals surface area contributed by atoms with Gasteiger partial charge in [-0.3, -0.25) is 4.90 Å². The number of nitrogens with zero attached hydrogens (tertiary/aromatic N) is 1. The molecule has 1 saturated heterocycles. The fraction of sp³-hybridized carbons (Fsp3) is 0.917. The summed E-state index contributed by atoms with van der Waals surface area (Å²) in [6, 6.07) is -0.466. The summed E-state index contributed by atoms with van der Waals surface area (Å²) < 4.78 is 10.7. The Morgan fingerprint density at radius 3 is 1.97 bits per heavy atom. The summed E-state index contributed by atoms with van der Waals surface area (Å²) in [5.74, 6) is 0.0184. The molecular weight excluding hydrogens is 366 g/mol. The third-order valence-electron chi connectivity index (χ3n) is 5.54. The van der Waals surface area contributed by atoms with Crippen LogP contribution < -0.4 is 0 Å². The lowest BCUT2D eigenvalue weighted by atomic mass is 10.1. The summed E-state index contributed by atoms with van der Waals surface area (Å²) in [7, 11) is 0. The zero-order valence-corrected chi connectivity index (χ0v) is 19.3. The molecule has 0 saturated carbocycles. The van der Waals surface area contributed by atoms with Crippen molar-refractivity contribution in [2.45, 2.75) is 117 Å². The molecule has 1 aliphatic heterocycles. The molecule has 0 aromatic heterocycles. The van der Waals surface area contributed by atoms with Gasteiger partial charge in [0, 0.05) is 6.54 Å². The highest BCUT2D eigenvalue weighted by Gasteiger charge is 2.36. The quantitative estimate of drug-likeness (QED) is 0.215. The van der Waals surface area contributed by atoms with Gasteiger partial charge in [0.1, 0.15) is 6.04 Å². The fourth-order valence-corrected chi connectivity index (χ4v) is 3.76. The van der Waals surface area contributed by atoms with Crippen molar-refractivity contribution >= 4 is 12.1 Å². The highest BCUT2D eigenvalue weighted by Crippen LogP contribution is 2.20. The minimum absolute atomic E-state index is 0.271. The molecule has 0 bridgehead atoms. The summed E-state index contributed by atoms with van der Waals surface area (Å²) in [6.07, 6.45) is 16.6. The van der Waals surface area contributed by atoms with Crippen LogP contribution in [0.4, 0.5) is 4.79 Å². The van der Waals surface area contributed by atoms with E-state index < -0.39 is 6.04 Å². The first-order valence-electron chi connectivity index (χ1n) is 12.2. The van der Waals surface area contributed by atoms with E-state index in [0.717, 1.165) is 19.3 Å². The van der Waals surface area contributed by atoms with Crippen molar-refractivity contribution in [3.05, 3.63) is 0 Å². The van der Waals surface area contributed by atoms with E-state index in [1.165, 1.54) is 69.1 Å². The molecule has 5 nitrogen and oxygen atoms in total. The van der Waals surface area contributed by atoms with Gasteiger partial charge < -0.3 is 9.47 Å². The minimum Gasteiger partial charge on any atom is -0.464 e. The van der Waals surface area contributed by atoms with Gasteiger partial charge in [0.15, 0.2) is 0 Å². The summed E-state index contributed by atoms with van der Waals surface area (Å²) in [5, 5.41) is 0. The third-order valence-corrected chi connectivity index (χ3v) is 5.54.